The maximum atomic E-state index is 14.2. The van der Waals surface area contributed by atoms with Gasteiger partial charge in [-0.3, -0.25) is 4.31 Å². The molecule has 0 aliphatic carbocycles. The quantitative estimate of drug-likeness (QED) is 0.0694. The average molecular weight is 950 g/mol. The van der Waals surface area contributed by atoms with E-state index >= 15 is 0 Å². The number of nitrogens with zero attached hydrogens (tertiary/aromatic N) is 1. The molecule has 0 bridgehead atoms. The number of sulfonamides is 1. The SMILES string of the molecule is CCCCCCCCC(CCCCCC)CN1c2cc(-c3ccc(-c4ccc(C)s4)s3)sc2-c2sc(C)cc2S1(=O)=O.PPP(P(P)P)P(P)P. The van der Waals surface area contributed by atoms with Gasteiger partial charge in [0.1, 0.15) is 4.90 Å². The summed E-state index contributed by atoms with van der Waals surface area (Å²) >= 11 is 7.02. The molecule has 0 N–H and O–H groups in total. The predicted octanol–water partition coefficient (Wildman–Crippen LogP) is 17.2. The van der Waals surface area contributed by atoms with E-state index < -0.39 is 10.0 Å². The zero-order valence-electron chi connectivity index (χ0n) is 30.3. The van der Waals surface area contributed by atoms with E-state index in [1.165, 1.54) is 88.6 Å². The summed E-state index contributed by atoms with van der Waals surface area (Å²) < 4.78 is 30.2. The Bertz CT molecular complexity index is 1740. The van der Waals surface area contributed by atoms with Crippen LogP contribution in [0.2, 0.25) is 0 Å². The van der Waals surface area contributed by atoms with E-state index in [1.807, 2.05) is 35.7 Å². The highest BCUT2D eigenvalue weighted by Gasteiger charge is 2.39. The van der Waals surface area contributed by atoms with Gasteiger partial charge in [0.2, 0.25) is 0 Å². The second kappa shape index (κ2) is 23.1. The maximum absolute atomic E-state index is 14.2. The Balaban J connectivity index is 0.000000573. The van der Waals surface area contributed by atoms with Crippen LogP contribution in [0, 0.1) is 19.8 Å². The molecule has 0 amide bonds. The minimum absolute atomic E-state index is 0.173. The predicted molar refractivity (Wildman–Crippen MR) is 266 cm³/mol. The molecule has 0 fully saturated rings. The van der Waals surface area contributed by atoms with E-state index in [-0.39, 0.29) is 14.0 Å². The molecular weight excluding hydrogens is 893 g/mol. The molecule has 7 atom stereocenters. The van der Waals surface area contributed by atoms with Gasteiger partial charge >= 0.3 is 0 Å². The highest BCUT2D eigenvalue weighted by atomic mass is 33.2. The number of aryl methyl sites for hydroxylation is 2. The fourth-order valence-corrected chi connectivity index (χ4v) is 73.9. The molecule has 284 valence electrons. The smallest absolute Gasteiger partial charge is 0.264 e. The summed E-state index contributed by atoms with van der Waals surface area (Å²) in [5.74, 6) is 0.385. The van der Waals surface area contributed by atoms with Crippen LogP contribution in [-0.2, 0) is 10.0 Å². The molecule has 5 rings (SSSR count). The van der Waals surface area contributed by atoms with Crippen molar-refractivity contribution in [1.29, 1.82) is 0 Å². The first-order valence-electron chi connectivity index (χ1n) is 17.7. The van der Waals surface area contributed by atoms with Gasteiger partial charge in [-0.2, -0.15) is 0 Å². The van der Waals surface area contributed by atoms with Gasteiger partial charge in [0, 0.05) is 35.8 Å². The molecule has 7 unspecified atom stereocenters. The maximum Gasteiger partial charge on any atom is 0.265 e. The second-order valence-electron chi connectivity index (χ2n) is 12.9. The van der Waals surface area contributed by atoms with Gasteiger partial charge in [0.15, 0.2) is 0 Å². The minimum Gasteiger partial charge on any atom is -0.264 e. The molecule has 1 aliphatic rings. The first-order valence-corrected chi connectivity index (χ1v) is 38.0. The van der Waals surface area contributed by atoms with E-state index in [2.05, 4.69) is 95.7 Å². The van der Waals surface area contributed by atoms with Crippen molar-refractivity contribution in [2.24, 2.45) is 5.92 Å². The number of anilines is 1. The largest absolute Gasteiger partial charge is 0.265 e. The van der Waals surface area contributed by atoms with Crippen molar-refractivity contribution in [2.75, 3.05) is 10.8 Å². The monoisotopic (exact) mass is 949 g/mol. The Labute approximate surface area is 341 Å². The first kappa shape index (κ1) is 46.1. The summed E-state index contributed by atoms with van der Waals surface area (Å²) in [5, 5.41) is 0. The molecule has 1 aliphatic heterocycles. The summed E-state index contributed by atoms with van der Waals surface area (Å²) in [6, 6.07) is 12.9. The van der Waals surface area contributed by atoms with Crippen LogP contribution in [0.3, 0.4) is 0 Å². The lowest BCUT2D eigenvalue weighted by molar-refractivity contribution is 0.411. The van der Waals surface area contributed by atoms with Crippen LogP contribution in [0.15, 0.2) is 41.3 Å². The third-order valence-electron chi connectivity index (χ3n) is 8.82. The molecule has 0 radical (unpaired) electrons. The van der Waals surface area contributed by atoms with E-state index in [0.717, 1.165) is 41.1 Å². The Kier molecular flexibility index (Phi) is 20.9. The van der Waals surface area contributed by atoms with Crippen LogP contribution < -0.4 is 4.31 Å². The van der Waals surface area contributed by atoms with Gasteiger partial charge in [-0.15, -0.1) is 90.0 Å². The minimum atomic E-state index is -3.60. The van der Waals surface area contributed by atoms with Gasteiger partial charge in [-0.1, -0.05) is 86.0 Å². The third-order valence-corrected chi connectivity index (χ3v) is 59.8. The molecule has 5 heterocycles. The van der Waals surface area contributed by atoms with E-state index in [1.54, 1.807) is 27.0 Å². The van der Waals surface area contributed by atoms with E-state index in [0.29, 0.717) is 24.3 Å². The van der Waals surface area contributed by atoms with Crippen LogP contribution in [0.1, 0.15) is 101 Å². The highest BCUT2D eigenvalue weighted by Crippen LogP contribution is 3.04. The molecular formula is C34H56NO2P9S5. The van der Waals surface area contributed by atoms with Crippen LogP contribution >= 0.6 is 119 Å². The van der Waals surface area contributed by atoms with Crippen molar-refractivity contribution in [2.45, 2.75) is 110 Å². The second-order valence-corrected chi connectivity index (χ2v) is 50.1. The van der Waals surface area contributed by atoms with Gasteiger partial charge in [-0.05, 0) is 90.0 Å². The van der Waals surface area contributed by atoms with Crippen molar-refractivity contribution >= 4 is 135 Å². The molecule has 0 saturated carbocycles. The lowest BCUT2D eigenvalue weighted by Gasteiger charge is -2.32. The standard InChI is InChI=1S/C34H45NO2S5.H11P9/c1-5-7-9-11-12-14-16-26(15-13-10-8-6-2)23-35-27-22-31(30-20-19-29(40-30)28-18-17-24(3)38-28)41-33(27)34-32(42(35,36)37)21-25(4)39-34;1-6-9(7(2)3)8(4)5/h17-22,26H,5-16,23H2,1-4H3;6H,1-5H2. The topological polar surface area (TPSA) is 37.4 Å². The van der Waals surface area contributed by atoms with Crippen molar-refractivity contribution in [3.05, 3.63) is 46.2 Å². The normalized spacial score (nSPS) is 14.5. The summed E-state index contributed by atoms with van der Waals surface area (Å²) in [6.45, 7) is 9.92. The van der Waals surface area contributed by atoms with Gasteiger partial charge in [-0.25, -0.2) is 8.42 Å². The summed E-state index contributed by atoms with van der Waals surface area (Å²) in [6.07, 6.45) is 14.8. The number of hydrogen-bond acceptors (Lipinski definition) is 6. The van der Waals surface area contributed by atoms with Crippen molar-refractivity contribution in [3.63, 3.8) is 0 Å². The third kappa shape index (κ3) is 13.2. The Morgan fingerprint density at radius 2 is 1.24 bits per heavy atom. The summed E-state index contributed by atoms with van der Waals surface area (Å²) in [5.41, 5.74) is 0.896. The molecule has 51 heavy (non-hydrogen) atoms. The zero-order valence-corrected chi connectivity index (χ0v) is 43.8. The number of rotatable bonds is 19. The van der Waals surface area contributed by atoms with E-state index in [9.17, 15) is 8.42 Å². The molecule has 4 aromatic heterocycles. The van der Waals surface area contributed by atoms with Gasteiger partial charge in [0.25, 0.3) is 10.0 Å². The number of fused-ring (bicyclic) bond motifs is 3. The highest BCUT2D eigenvalue weighted by molar-refractivity contribution is 9.10. The van der Waals surface area contributed by atoms with Gasteiger partial charge < -0.3 is 0 Å². The molecule has 17 heteroatoms. The van der Waals surface area contributed by atoms with Crippen molar-refractivity contribution in [3.8, 4) is 29.3 Å². The summed E-state index contributed by atoms with van der Waals surface area (Å²) in [7, 11) is 12.0. The van der Waals surface area contributed by atoms with Crippen LogP contribution in [0.25, 0.3) is 29.3 Å². The molecule has 3 nitrogen and oxygen atoms in total. The zero-order chi connectivity index (χ0) is 37.1. The van der Waals surface area contributed by atoms with Crippen molar-refractivity contribution in [1.82, 2.24) is 0 Å². The fourth-order valence-electron chi connectivity index (χ4n) is 6.19. The van der Waals surface area contributed by atoms with Crippen LogP contribution in [-0.4, -0.2) is 15.0 Å². The summed E-state index contributed by atoms with van der Waals surface area (Å²) in [4.78, 5) is 9.89. The van der Waals surface area contributed by atoms with Crippen LogP contribution in [0.5, 0.6) is 0 Å². The van der Waals surface area contributed by atoms with Crippen molar-refractivity contribution < 1.29 is 8.42 Å². The number of unbranched alkanes of at least 4 members (excludes halogenated alkanes) is 8. The number of hydrogen-bond donors (Lipinski definition) is 0. The molecule has 0 spiro atoms. The Hall–Kier alpha value is 2.42. The molecule has 0 saturated heterocycles. The van der Waals surface area contributed by atoms with Gasteiger partial charge in [0.05, 0.1) is 15.4 Å². The Morgan fingerprint density at radius 3 is 1.78 bits per heavy atom. The Morgan fingerprint density at radius 1 is 0.686 bits per heavy atom. The molecule has 4 aromatic rings. The molecule has 0 aromatic carbocycles. The fraction of sp³-hybridized carbons (Fsp3) is 0.529. The van der Waals surface area contributed by atoms with Crippen LogP contribution in [0.4, 0.5) is 5.69 Å². The van der Waals surface area contributed by atoms with E-state index in [4.69, 9.17) is 0 Å². The average Bonchev–Trinajstić information content (AvgIpc) is 3.89. The number of thiophene rings is 4. The lowest BCUT2D eigenvalue weighted by atomic mass is 9.94. The first-order chi connectivity index (χ1) is 24.4. The lowest BCUT2D eigenvalue weighted by Crippen LogP contribution is -2.37.